The maximum atomic E-state index is 13.7. The van der Waals surface area contributed by atoms with Gasteiger partial charge in [0.1, 0.15) is 11.5 Å². The second-order valence-electron chi connectivity index (χ2n) is 4.42. The molecular weight excluding hydrogens is 367 g/mol. The second-order valence-corrected chi connectivity index (χ2v) is 5.76. The number of nitro groups is 1. The van der Waals surface area contributed by atoms with E-state index in [1.165, 1.54) is 12.1 Å². The molecule has 0 amide bonds. The van der Waals surface area contributed by atoms with Gasteiger partial charge in [0, 0.05) is 10.6 Å². The van der Waals surface area contributed by atoms with Gasteiger partial charge in [0.05, 0.1) is 14.8 Å². The fourth-order valence-corrected chi connectivity index (χ4v) is 2.60. The molecule has 0 spiro atoms. The van der Waals surface area contributed by atoms with E-state index in [-0.39, 0.29) is 38.0 Å². The average molecular weight is 373 g/mol. The van der Waals surface area contributed by atoms with Crippen LogP contribution in [0.3, 0.4) is 0 Å². The molecule has 0 saturated carbocycles. The van der Waals surface area contributed by atoms with Crippen LogP contribution in [0.4, 0.5) is 21.5 Å². The van der Waals surface area contributed by atoms with E-state index in [0.29, 0.717) is 4.90 Å². The van der Waals surface area contributed by atoms with Crippen LogP contribution in [0, 0.1) is 15.9 Å². The number of hydrogen-bond donors (Lipinski definition) is 3. The summed E-state index contributed by atoms with van der Waals surface area (Å²) in [5.41, 5.74) is -0.0315. The summed E-state index contributed by atoms with van der Waals surface area (Å²) in [6.07, 6.45) is 0. The highest BCUT2D eigenvalue weighted by molar-refractivity contribution is 7.80. The summed E-state index contributed by atoms with van der Waals surface area (Å²) in [7, 11) is 0. The van der Waals surface area contributed by atoms with Gasteiger partial charge >= 0.3 is 5.69 Å². The van der Waals surface area contributed by atoms with Gasteiger partial charge in [0.25, 0.3) is 0 Å². The molecule has 118 valence electrons. The third kappa shape index (κ3) is 2.80. The van der Waals surface area contributed by atoms with Gasteiger partial charge in [-0.2, -0.15) is 0 Å². The molecule has 11 heteroatoms. The number of halogens is 2. The van der Waals surface area contributed by atoms with Crippen molar-refractivity contribution in [3.8, 4) is 0 Å². The first kappa shape index (κ1) is 15.8. The average Bonchev–Trinajstić information content (AvgIpc) is 2.94. The number of nitro benzene ring substituents is 1. The van der Waals surface area contributed by atoms with E-state index in [0.717, 1.165) is 6.07 Å². The van der Waals surface area contributed by atoms with E-state index in [4.69, 9.17) is 11.6 Å². The summed E-state index contributed by atoms with van der Waals surface area (Å²) >= 11 is 13.9. The molecule has 0 bridgehead atoms. The minimum atomic E-state index is -0.665. The number of thiol groups is 2. The van der Waals surface area contributed by atoms with Gasteiger partial charge < -0.3 is 5.32 Å². The highest BCUT2D eigenvalue weighted by Crippen LogP contribution is 2.38. The van der Waals surface area contributed by atoms with Crippen molar-refractivity contribution in [3.05, 3.63) is 39.2 Å². The monoisotopic (exact) mass is 372 g/mol. The lowest BCUT2D eigenvalue weighted by atomic mass is 10.2. The van der Waals surface area contributed by atoms with Gasteiger partial charge in [-0.15, -0.1) is 25.3 Å². The van der Waals surface area contributed by atoms with Crippen molar-refractivity contribution in [2.45, 2.75) is 9.79 Å². The van der Waals surface area contributed by atoms with Gasteiger partial charge in [-0.25, -0.2) is 9.02 Å². The normalized spacial score (nSPS) is 11.0. The molecule has 0 radical (unpaired) electrons. The Bertz CT molecular complexity index is 926. The van der Waals surface area contributed by atoms with E-state index in [1.807, 2.05) is 0 Å². The van der Waals surface area contributed by atoms with Crippen LogP contribution in [-0.4, -0.2) is 15.2 Å². The Balaban J connectivity index is 2.16. The molecule has 0 aliphatic carbocycles. The number of fused-ring (bicyclic) bond motifs is 1. The minimum absolute atomic E-state index is 0.0160. The SMILES string of the molecule is O=[N+]([O-])c1c(Nc2cc(F)c(S)c(Cl)c2)cc(S)c2nonc12. The van der Waals surface area contributed by atoms with Crippen molar-refractivity contribution in [1.82, 2.24) is 10.3 Å². The van der Waals surface area contributed by atoms with Crippen molar-refractivity contribution in [3.63, 3.8) is 0 Å². The fourth-order valence-electron chi connectivity index (χ4n) is 1.99. The highest BCUT2D eigenvalue weighted by atomic mass is 35.5. The van der Waals surface area contributed by atoms with E-state index >= 15 is 0 Å². The number of rotatable bonds is 3. The largest absolute Gasteiger partial charge is 0.350 e. The lowest BCUT2D eigenvalue weighted by molar-refractivity contribution is -0.382. The molecule has 2 aromatic carbocycles. The maximum Gasteiger partial charge on any atom is 0.324 e. The number of anilines is 2. The van der Waals surface area contributed by atoms with Crippen molar-refractivity contribution >= 4 is 65.0 Å². The van der Waals surface area contributed by atoms with Crippen LogP contribution in [-0.2, 0) is 0 Å². The van der Waals surface area contributed by atoms with E-state index in [2.05, 4.69) is 45.5 Å². The number of nitrogens with one attached hydrogen (secondary N) is 1. The van der Waals surface area contributed by atoms with Gasteiger partial charge in [-0.1, -0.05) is 11.6 Å². The van der Waals surface area contributed by atoms with Crippen molar-refractivity contribution in [2.24, 2.45) is 0 Å². The van der Waals surface area contributed by atoms with Crippen molar-refractivity contribution in [1.29, 1.82) is 0 Å². The number of aromatic nitrogens is 2. The smallest absolute Gasteiger partial charge is 0.324 e. The lowest BCUT2D eigenvalue weighted by Gasteiger charge is -2.10. The fraction of sp³-hybridized carbons (Fsp3) is 0. The van der Waals surface area contributed by atoms with Gasteiger partial charge in [0.2, 0.25) is 5.52 Å². The number of nitrogens with zero attached hydrogens (tertiary/aromatic N) is 3. The summed E-state index contributed by atoms with van der Waals surface area (Å²) in [5, 5.41) is 21.2. The molecule has 0 saturated heterocycles. The highest BCUT2D eigenvalue weighted by Gasteiger charge is 2.25. The summed E-state index contributed by atoms with van der Waals surface area (Å²) in [6.45, 7) is 0. The Morgan fingerprint density at radius 1 is 1.26 bits per heavy atom. The van der Waals surface area contributed by atoms with Gasteiger partial charge in [-0.05, 0) is 28.5 Å². The van der Waals surface area contributed by atoms with Crippen LogP contribution in [0.5, 0.6) is 0 Å². The number of hydrogen-bond acceptors (Lipinski definition) is 8. The zero-order valence-corrected chi connectivity index (χ0v) is 13.5. The molecule has 7 nitrogen and oxygen atoms in total. The van der Waals surface area contributed by atoms with Gasteiger partial charge in [-0.3, -0.25) is 10.1 Å². The first-order valence-corrected chi connectivity index (χ1v) is 7.23. The molecule has 3 rings (SSSR count). The molecule has 1 aromatic heterocycles. The maximum absolute atomic E-state index is 13.7. The quantitative estimate of drug-likeness (QED) is 0.361. The van der Waals surface area contributed by atoms with Crippen LogP contribution in [0.25, 0.3) is 11.0 Å². The third-order valence-electron chi connectivity index (χ3n) is 2.97. The predicted octanol–water partition coefficient (Wildman–Crippen LogP) is 4.24. The Labute approximate surface area is 143 Å². The van der Waals surface area contributed by atoms with Crippen LogP contribution in [0.1, 0.15) is 0 Å². The van der Waals surface area contributed by atoms with Gasteiger partial charge in [0.15, 0.2) is 5.52 Å². The lowest BCUT2D eigenvalue weighted by Crippen LogP contribution is -1.99. The molecule has 0 aliphatic rings. The Hall–Kier alpha value is -2.04. The Morgan fingerprint density at radius 2 is 1.96 bits per heavy atom. The summed E-state index contributed by atoms with van der Waals surface area (Å²) in [6, 6.07) is 3.87. The first-order chi connectivity index (χ1) is 10.9. The predicted molar refractivity (Wildman–Crippen MR) is 87.7 cm³/mol. The minimum Gasteiger partial charge on any atom is -0.350 e. The first-order valence-electron chi connectivity index (χ1n) is 5.96. The van der Waals surface area contributed by atoms with Crippen molar-refractivity contribution < 1.29 is 13.9 Å². The molecule has 0 unspecified atom stereocenters. The standard InChI is InChI=1S/C12H6ClFN4O3S2/c13-5-1-4(2-6(14)12(5)23)15-7-3-8(22)9-10(17-21-16-9)11(7)18(19)20/h1-3,15,22-23H. The van der Waals surface area contributed by atoms with E-state index < -0.39 is 10.7 Å². The zero-order chi connectivity index (χ0) is 16.7. The molecule has 1 N–H and O–H groups in total. The molecular formula is C12H6ClFN4O3S2. The second kappa shape index (κ2) is 5.87. The Kier molecular flexibility index (Phi) is 4.04. The van der Waals surface area contributed by atoms with E-state index in [1.54, 1.807) is 0 Å². The van der Waals surface area contributed by atoms with Crippen LogP contribution in [0.15, 0.2) is 32.6 Å². The summed E-state index contributed by atoms with van der Waals surface area (Å²) in [5.74, 6) is -0.665. The molecule has 3 aromatic rings. The van der Waals surface area contributed by atoms with Crippen LogP contribution in [0.2, 0.25) is 5.02 Å². The Morgan fingerprint density at radius 3 is 2.61 bits per heavy atom. The molecule has 0 aliphatic heterocycles. The molecule has 0 fully saturated rings. The van der Waals surface area contributed by atoms with Crippen LogP contribution < -0.4 is 5.32 Å². The molecule has 0 atom stereocenters. The van der Waals surface area contributed by atoms with E-state index in [9.17, 15) is 14.5 Å². The summed E-state index contributed by atoms with van der Waals surface area (Å²) in [4.78, 5) is 11.0. The zero-order valence-electron chi connectivity index (χ0n) is 10.9. The molecule has 1 heterocycles. The third-order valence-corrected chi connectivity index (χ3v) is 4.20. The van der Waals surface area contributed by atoms with Crippen LogP contribution >= 0.6 is 36.9 Å². The topological polar surface area (TPSA) is 94.1 Å². The van der Waals surface area contributed by atoms with Crippen molar-refractivity contribution in [2.75, 3.05) is 5.32 Å². The summed E-state index contributed by atoms with van der Waals surface area (Å²) < 4.78 is 18.2. The molecule has 23 heavy (non-hydrogen) atoms. The number of benzene rings is 2.